The molecule has 0 aromatic heterocycles. The van der Waals surface area contributed by atoms with Crippen LogP contribution >= 0.6 is 0 Å². The molecular weight excluding hydrogens is 302 g/mol. The lowest BCUT2D eigenvalue weighted by Gasteiger charge is -2.12. The Labute approximate surface area is 129 Å². The maximum atomic E-state index is 11.8. The molecule has 1 amide bonds. The molecule has 1 heterocycles. The Morgan fingerprint density at radius 1 is 1.18 bits per heavy atom. The summed E-state index contributed by atoms with van der Waals surface area (Å²) < 4.78 is 28.2. The first kappa shape index (κ1) is 14.8. The number of carbonyl (C=O) groups excluding carboxylic acids is 1. The van der Waals surface area contributed by atoms with Gasteiger partial charge in [-0.25, -0.2) is 8.42 Å². The number of rotatable bonds is 4. The highest BCUT2D eigenvalue weighted by molar-refractivity contribution is 7.91. The third-order valence-corrected chi connectivity index (χ3v) is 5.46. The Bertz CT molecular complexity index is 801. The monoisotopic (exact) mass is 319 g/mol. The van der Waals surface area contributed by atoms with Crippen molar-refractivity contribution in [2.45, 2.75) is 12.5 Å². The Morgan fingerprint density at radius 3 is 2.68 bits per heavy atom. The molecule has 0 saturated carbocycles. The second-order valence-corrected chi connectivity index (χ2v) is 7.69. The SMILES string of the molecule is O=C(COc1ccc2ccccc2c1)N[C@H]1CCS(=O)(=O)C1. The number of hydrogen-bond donors (Lipinski definition) is 1. The summed E-state index contributed by atoms with van der Waals surface area (Å²) in [6, 6.07) is 13.2. The van der Waals surface area contributed by atoms with Crippen molar-refractivity contribution in [1.82, 2.24) is 5.32 Å². The van der Waals surface area contributed by atoms with E-state index >= 15 is 0 Å². The van der Waals surface area contributed by atoms with Crippen molar-refractivity contribution in [2.75, 3.05) is 18.1 Å². The number of carbonyl (C=O) groups is 1. The van der Waals surface area contributed by atoms with Gasteiger partial charge in [-0.2, -0.15) is 0 Å². The van der Waals surface area contributed by atoms with E-state index < -0.39 is 9.84 Å². The first-order valence-corrected chi connectivity index (χ1v) is 8.95. The van der Waals surface area contributed by atoms with E-state index in [1.165, 1.54) is 0 Å². The van der Waals surface area contributed by atoms with Crippen molar-refractivity contribution in [1.29, 1.82) is 0 Å². The highest BCUT2D eigenvalue weighted by Crippen LogP contribution is 2.20. The number of amides is 1. The van der Waals surface area contributed by atoms with Crippen LogP contribution in [0.2, 0.25) is 0 Å². The smallest absolute Gasteiger partial charge is 0.258 e. The molecule has 116 valence electrons. The molecule has 2 aromatic carbocycles. The first-order valence-electron chi connectivity index (χ1n) is 7.13. The van der Waals surface area contributed by atoms with Crippen LogP contribution in [-0.4, -0.2) is 38.5 Å². The van der Waals surface area contributed by atoms with Gasteiger partial charge in [0.05, 0.1) is 11.5 Å². The average molecular weight is 319 g/mol. The van der Waals surface area contributed by atoms with Crippen LogP contribution in [0.15, 0.2) is 42.5 Å². The van der Waals surface area contributed by atoms with Gasteiger partial charge >= 0.3 is 0 Å². The Balaban J connectivity index is 1.56. The van der Waals surface area contributed by atoms with Crippen LogP contribution in [0.1, 0.15) is 6.42 Å². The maximum Gasteiger partial charge on any atom is 0.258 e. The molecule has 0 spiro atoms. The van der Waals surface area contributed by atoms with Gasteiger partial charge in [0.15, 0.2) is 16.4 Å². The predicted molar refractivity (Wildman–Crippen MR) is 84.6 cm³/mol. The van der Waals surface area contributed by atoms with E-state index in [2.05, 4.69) is 5.32 Å². The van der Waals surface area contributed by atoms with Crippen molar-refractivity contribution >= 4 is 26.5 Å². The Hall–Kier alpha value is -2.08. The average Bonchev–Trinajstić information content (AvgIpc) is 2.84. The third kappa shape index (κ3) is 3.57. The van der Waals surface area contributed by atoms with E-state index in [-0.39, 0.29) is 30.1 Å². The van der Waals surface area contributed by atoms with Crippen LogP contribution < -0.4 is 10.1 Å². The molecule has 0 aliphatic carbocycles. The van der Waals surface area contributed by atoms with E-state index in [0.717, 1.165) is 10.8 Å². The largest absolute Gasteiger partial charge is 0.484 e. The number of ether oxygens (including phenoxy) is 1. The molecule has 1 aliphatic heterocycles. The highest BCUT2D eigenvalue weighted by atomic mass is 32.2. The molecule has 22 heavy (non-hydrogen) atoms. The highest BCUT2D eigenvalue weighted by Gasteiger charge is 2.28. The van der Waals surface area contributed by atoms with Gasteiger partial charge < -0.3 is 10.1 Å². The minimum absolute atomic E-state index is 0.0225. The third-order valence-electron chi connectivity index (χ3n) is 3.69. The summed E-state index contributed by atoms with van der Waals surface area (Å²) in [5.74, 6) is 0.487. The molecule has 5 nitrogen and oxygen atoms in total. The Kier molecular flexibility index (Phi) is 4.02. The molecule has 0 bridgehead atoms. The van der Waals surface area contributed by atoms with Gasteiger partial charge in [-0.1, -0.05) is 30.3 Å². The van der Waals surface area contributed by atoms with Crippen molar-refractivity contribution in [3.63, 3.8) is 0 Å². The second-order valence-electron chi connectivity index (χ2n) is 5.47. The van der Waals surface area contributed by atoms with Gasteiger partial charge in [0, 0.05) is 6.04 Å². The lowest BCUT2D eigenvalue weighted by Crippen LogP contribution is -2.38. The number of hydrogen-bond acceptors (Lipinski definition) is 4. The zero-order chi connectivity index (χ0) is 15.6. The fourth-order valence-electron chi connectivity index (χ4n) is 2.58. The normalized spacial score (nSPS) is 19.9. The second kappa shape index (κ2) is 5.96. The van der Waals surface area contributed by atoms with Crippen molar-refractivity contribution < 1.29 is 17.9 Å². The van der Waals surface area contributed by atoms with Gasteiger partial charge in [-0.3, -0.25) is 4.79 Å². The van der Waals surface area contributed by atoms with Gasteiger partial charge in [0.2, 0.25) is 0 Å². The topological polar surface area (TPSA) is 72.5 Å². The van der Waals surface area contributed by atoms with Crippen LogP contribution in [0.25, 0.3) is 10.8 Å². The van der Waals surface area contributed by atoms with Crippen LogP contribution in [0.3, 0.4) is 0 Å². The van der Waals surface area contributed by atoms with E-state index in [1.54, 1.807) is 0 Å². The lowest BCUT2D eigenvalue weighted by molar-refractivity contribution is -0.123. The zero-order valence-corrected chi connectivity index (χ0v) is 12.8. The maximum absolute atomic E-state index is 11.8. The number of nitrogens with one attached hydrogen (secondary N) is 1. The predicted octanol–water partition coefficient (Wildman–Crippen LogP) is 1.52. The number of fused-ring (bicyclic) bond motifs is 1. The van der Waals surface area contributed by atoms with Gasteiger partial charge in [-0.15, -0.1) is 0 Å². The summed E-state index contributed by atoms with van der Waals surface area (Å²) in [5.41, 5.74) is 0. The molecular formula is C16H17NO4S. The molecule has 3 rings (SSSR count). The fourth-order valence-corrected chi connectivity index (χ4v) is 4.26. The molecule has 0 unspecified atom stereocenters. The van der Waals surface area contributed by atoms with Gasteiger partial charge in [0.1, 0.15) is 5.75 Å². The van der Waals surface area contributed by atoms with Crippen LogP contribution in [-0.2, 0) is 14.6 Å². The van der Waals surface area contributed by atoms with Crippen molar-refractivity contribution in [3.05, 3.63) is 42.5 Å². The summed E-state index contributed by atoms with van der Waals surface area (Å²) in [6.45, 7) is -0.116. The van der Waals surface area contributed by atoms with E-state index in [9.17, 15) is 13.2 Å². The van der Waals surface area contributed by atoms with E-state index in [1.807, 2.05) is 42.5 Å². The van der Waals surface area contributed by atoms with Gasteiger partial charge in [0.25, 0.3) is 5.91 Å². The minimum Gasteiger partial charge on any atom is -0.484 e. The summed E-state index contributed by atoms with van der Waals surface area (Å²) in [7, 11) is -2.99. The van der Waals surface area contributed by atoms with Crippen LogP contribution in [0.5, 0.6) is 5.75 Å². The van der Waals surface area contributed by atoms with E-state index in [4.69, 9.17) is 4.74 Å². The standard InChI is InChI=1S/C16H17NO4S/c18-16(17-14-7-8-22(19,20)11-14)10-21-15-6-5-12-3-1-2-4-13(12)9-15/h1-6,9,14H,7-8,10-11H2,(H,17,18)/t14-/m0/s1. The number of benzene rings is 2. The summed E-state index contributed by atoms with van der Waals surface area (Å²) >= 11 is 0. The molecule has 2 aromatic rings. The number of sulfone groups is 1. The quantitative estimate of drug-likeness (QED) is 0.927. The van der Waals surface area contributed by atoms with Crippen LogP contribution in [0, 0.1) is 0 Å². The lowest BCUT2D eigenvalue weighted by atomic mass is 10.1. The summed E-state index contributed by atoms with van der Waals surface area (Å²) in [6.07, 6.45) is 0.476. The molecule has 6 heteroatoms. The Morgan fingerprint density at radius 2 is 1.95 bits per heavy atom. The summed E-state index contributed by atoms with van der Waals surface area (Å²) in [4.78, 5) is 11.8. The molecule has 0 radical (unpaired) electrons. The molecule has 1 atom stereocenters. The molecule has 1 saturated heterocycles. The van der Waals surface area contributed by atoms with Crippen LogP contribution in [0.4, 0.5) is 0 Å². The molecule has 1 N–H and O–H groups in total. The molecule has 1 fully saturated rings. The zero-order valence-electron chi connectivity index (χ0n) is 12.0. The van der Waals surface area contributed by atoms with Crippen molar-refractivity contribution in [2.24, 2.45) is 0 Å². The van der Waals surface area contributed by atoms with Crippen molar-refractivity contribution in [3.8, 4) is 5.75 Å². The first-order chi connectivity index (χ1) is 10.5. The fraction of sp³-hybridized carbons (Fsp3) is 0.312. The van der Waals surface area contributed by atoms with E-state index in [0.29, 0.717) is 12.2 Å². The minimum atomic E-state index is -2.99. The van der Waals surface area contributed by atoms with Gasteiger partial charge in [-0.05, 0) is 29.3 Å². The summed E-state index contributed by atoms with van der Waals surface area (Å²) in [5, 5.41) is 4.85. The molecule has 1 aliphatic rings.